The molecule has 11 heteroatoms. The van der Waals surface area contributed by atoms with E-state index in [9.17, 15) is 28.0 Å². The largest absolute Gasteiger partial charge is 0.489 e. The zero-order valence-corrected chi connectivity index (χ0v) is 21.8. The van der Waals surface area contributed by atoms with Gasteiger partial charge in [-0.1, -0.05) is 19.2 Å². The molecule has 3 aromatic carbocycles. The number of aryl methyl sites for hydroxylation is 1. The molecule has 0 bridgehead atoms. The normalized spacial score (nSPS) is 11.0. The molecule has 0 saturated carbocycles. The van der Waals surface area contributed by atoms with Crippen LogP contribution in [0.5, 0.6) is 17.2 Å². The fourth-order valence-electron chi connectivity index (χ4n) is 3.19. The number of ether oxygens (including phenoxy) is 5. The van der Waals surface area contributed by atoms with E-state index >= 15 is 0 Å². The number of hydrogen-bond donors (Lipinski definition) is 0. The van der Waals surface area contributed by atoms with Crippen molar-refractivity contribution in [2.45, 2.75) is 13.0 Å². The Balaban J connectivity index is 1.59. The molecular formula is C30H24F2O9. The van der Waals surface area contributed by atoms with E-state index < -0.39 is 47.2 Å². The molecule has 0 N–H and O–H groups in total. The van der Waals surface area contributed by atoms with E-state index in [4.69, 9.17) is 23.7 Å². The van der Waals surface area contributed by atoms with Crippen LogP contribution in [0.3, 0.4) is 0 Å². The summed E-state index contributed by atoms with van der Waals surface area (Å²) in [6.07, 6.45) is 0.809. The Morgan fingerprint density at radius 1 is 0.732 bits per heavy atom. The predicted octanol–water partition coefficient (Wildman–Crippen LogP) is 4.92. The van der Waals surface area contributed by atoms with Gasteiger partial charge in [-0.2, -0.15) is 0 Å². The van der Waals surface area contributed by atoms with Crippen LogP contribution in [0.15, 0.2) is 86.0 Å². The van der Waals surface area contributed by atoms with Gasteiger partial charge in [0, 0.05) is 18.2 Å². The lowest BCUT2D eigenvalue weighted by atomic mass is 10.1. The maximum Gasteiger partial charge on any atom is 0.346 e. The summed E-state index contributed by atoms with van der Waals surface area (Å²) in [7, 11) is 0. The summed E-state index contributed by atoms with van der Waals surface area (Å²) in [5, 5.41) is 0. The van der Waals surface area contributed by atoms with Crippen LogP contribution in [0.4, 0.5) is 8.78 Å². The highest BCUT2D eigenvalue weighted by Crippen LogP contribution is 2.23. The molecule has 9 nitrogen and oxygen atoms in total. The van der Waals surface area contributed by atoms with Gasteiger partial charge in [0.1, 0.15) is 42.1 Å². The van der Waals surface area contributed by atoms with Gasteiger partial charge in [-0.3, -0.25) is 0 Å². The number of halogens is 2. The van der Waals surface area contributed by atoms with Gasteiger partial charge in [0.2, 0.25) is 0 Å². The Morgan fingerprint density at radius 3 is 1.76 bits per heavy atom. The Morgan fingerprint density at radius 2 is 1.24 bits per heavy atom. The van der Waals surface area contributed by atoms with Crippen molar-refractivity contribution in [2.24, 2.45) is 0 Å². The van der Waals surface area contributed by atoms with Gasteiger partial charge in [-0.15, -0.1) is 0 Å². The molecule has 212 valence electrons. The Hall–Kier alpha value is -5.32. The summed E-state index contributed by atoms with van der Waals surface area (Å²) in [6, 6.07) is 12.7. The van der Waals surface area contributed by atoms with Gasteiger partial charge >= 0.3 is 23.9 Å². The fraction of sp³-hybridized carbons (Fsp3) is 0.133. The number of benzene rings is 3. The zero-order valence-electron chi connectivity index (χ0n) is 21.8. The van der Waals surface area contributed by atoms with Crippen LogP contribution in [0.2, 0.25) is 0 Å². The average molecular weight is 567 g/mol. The molecule has 3 aromatic rings. The molecule has 41 heavy (non-hydrogen) atoms. The molecule has 0 aliphatic rings. The highest BCUT2D eigenvalue weighted by Gasteiger charge is 2.19. The summed E-state index contributed by atoms with van der Waals surface area (Å²) in [4.78, 5) is 47.5. The van der Waals surface area contributed by atoms with Crippen molar-refractivity contribution >= 4 is 23.9 Å². The molecule has 0 aliphatic heterocycles. The quantitative estimate of drug-likeness (QED) is 0.171. The predicted molar refractivity (Wildman–Crippen MR) is 141 cm³/mol. The van der Waals surface area contributed by atoms with E-state index in [0.29, 0.717) is 5.56 Å². The first-order valence-electron chi connectivity index (χ1n) is 11.9. The summed E-state index contributed by atoms with van der Waals surface area (Å²) in [6.45, 7) is 7.56. The van der Waals surface area contributed by atoms with Crippen LogP contribution in [0.1, 0.15) is 26.3 Å². The minimum Gasteiger partial charge on any atom is -0.489 e. The van der Waals surface area contributed by atoms with Crippen molar-refractivity contribution in [2.75, 3.05) is 13.2 Å². The minimum atomic E-state index is -1.03. The fourth-order valence-corrected chi connectivity index (χ4v) is 3.19. The maximum absolute atomic E-state index is 14.7. The number of hydrogen-bond acceptors (Lipinski definition) is 9. The smallest absolute Gasteiger partial charge is 0.346 e. The molecule has 0 amide bonds. The van der Waals surface area contributed by atoms with Crippen molar-refractivity contribution in [1.29, 1.82) is 0 Å². The summed E-state index contributed by atoms with van der Waals surface area (Å²) >= 11 is 0. The molecule has 0 heterocycles. The first kappa shape index (κ1) is 30.2. The Kier molecular flexibility index (Phi) is 10.4. The van der Waals surface area contributed by atoms with Crippen LogP contribution >= 0.6 is 0 Å². The van der Waals surface area contributed by atoms with Crippen LogP contribution < -0.4 is 14.2 Å². The van der Waals surface area contributed by atoms with Gasteiger partial charge in [0.05, 0.1) is 11.1 Å². The summed E-state index contributed by atoms with van der Waals surface area (Å²) < 4.78 is 54.3. The van der Waals surface area contributed by atoms with Crippen LogP contribution in [0, 0.1) is 18.6 Å². The topological polar surface area (TPSA) is 114 Å². The van der Waals surface area contributed by atoms with Crippen LogP contribution in [0.25, 0.3) is 0 Å². The summed E-state index contributed by atoms with van der Waals surface area (Å²) in [5.74, 6) is -5.05. The third-order valence-electron chi connectivity index (χ3n) is 5.21. The number of rotatable bonds is 12. The lowest BCUT2D eigenvalue weighted by molar-refractivity contribution is -0.154. The zero-order chi connectivity index (χ0) is 29.9. The molecule has 0 spiro atoms. The molecule has 1 unspecified atom stereocenters. The second-order valence-corrected chi connectivity index (χ2v) is 8.28. The van der Waals surface area contributed by atoms with Crippen LogP contribution in [-0.4, -0.2) is 43.2 Å². The highest BCUT2D eigenvalue weighted by atomic mass is 19.1. The SMILES string of the molecule is C=CC(=O)OCC(COc1ccc(C(=O)Oc2ccc(OC(=O)c3ccc(C)cc3F)cc2)c(F)c1)OC(=O)C=C. The van der Waals surface area contributed by atoms with E-state index in [1.165, 1.54) is 42.5 Å². The lowest BCUT2D eigenvalue weighted by Gasteiger charge is -2.17. The standard InChI is InChI=1S/C30H24F2O9/c1-4-27(33)38-17-22(39-28(34)5-2)16-37-21-11-13-24(26(32)15-21)30(36)41-20-9-7-19(8-10-20)40-29(35)23-12-6-18(3)14-25(23)31/h4-15,22H,1-2,16-17H2,3H3. The molecule has 0 aromatic heterocycles. The number of carbonyl (C=O) groups excluding carboxylic acids is 4. The molecule has 1 atom stereocenters. The Labute approximate surface area is 233 Å². The van der Waals surface area contributed by atoms with E-state index in [1.54, 1.807) is 13.0 Å². The molecule has 0 aliphatic carbocycles. The minimum absolute atomic E-state index is 0.00932. The molecule has 3 rings (SSSR count). The van der Waals surface area contributed by atoms with E-state index in [2.05, 4.69) is 13.2 Å². The monoisotopic (exact) mass is 566 g/mol. The first-order valence-corrected chi connectivity index (χ1v) is 11.9. The highest BCUT2D eigenvalue weighted by molar-refractivity contribution is 5.92. The van der Waals surface area contributed by atoms with Gasteiger partial charge in [-0.05, 0) is 61.0 Å². The van der Waals surface area contributed by atoms with Gasteiger partial charge in [0.15, 0.2) is 6.10 Å². The molecule has 0 radical (unpaired) electrons. The van der Waals surface area contributed by atoms with Gasteiger partial charge < -0.3 is 23.7 Å². The third kappa shape index (κ3) is 8.85. The first-order chi connectivity index (χ1) is 19.6. The molecule has 0 fully saturated rings. The van der Waals surface area contributed by atoms with E-state index in [-0.39, 0.29) is 36.0 Å². The van der Waals surface area contributed by atoms with Crippen molar-refractivity contribution in [3.8, 4) is 17.2 Å². The second-order valence-electron chi connectivity index (χ2n) is 8.28. The van der Waals surface area contributed by atoms with Crippen LogP contribution in [-0.2, 0) is 19.1 Å². The van der Waals surface area contributed by atoms with Gasteiger partial charge in [-0.25, -0.2) is 28.0 Å². The van der Waals surface area contributed by atoms with Crippen molar-refractivity contribution < 1.29 is 51.6 Å². The van der Waals surface area contributed by atoms with Crippen molar-refractivity contribution in [3.05, 3.63) is 114 Å². The van der Waals surface area contributed by atoms with Gasteiger partial charge in [0.25, 0.3) is 0 Å². The number of carbonyl (C=O) groups is 4. The number of esters is 4. The second kappa shape index (κ2) is 14.2. The Bertz CT molecular complexity index is 1470. The lowest BCUT2D eigenvalue weighted by Crippen LogP contribution is -2.30. The average Bonchev–Trinajstić information content (AvgIpc) is 2.95. The van der Waals surface area contributed by atoms with E-state index in [0.717, 1.165) is 24.3 Å². The van der Waals surface area contributed by atoms with Crippen molar-refractivity contribution in [3.63, 3.8) is 0 Å². The maximum atomic E-state index is 14.7. The molecule has 0 saturated heterocycles. The third-order valence-corrected chi connectivity index (χ3v) is 5.21. The van der Waals surface area contributed by atoms with Crippen molar-refractivity contribution in [1.82, 2.24) is 0 Å². The molecular weight excluding hydrogens is 542 g/mol. The summed E-state index contributed by atoms with van der Waals surface area (Å²) in [5.41, 5.74) is 0.00318. The van der Waals surface area contributed by atoms with E-state index in [1.807, 2.05) is 0 Å².